The predicted molar refractivity (Wildman–Crippen MR) is 59.8 cm³/mol. The molecule has 2 aliphatic carbocycles. The molecule has 0 spiro atoms. The Balaban J connectivity index is 2.19. The quantitative estimate of drug-likeness (QED) is 0.364. The first-order chi connectivity index (χ1) is 7.81. The number of allylic oxidation sites excluding steroid dienone is 4. The molecule has 0 heterocycles. The third-order valence-electron chi connectivity index (χ3n) is 3.02. The normalized spacial score (nSPS) is 17.2. The van der Waals surface area contributed by atoms with Crippen LogP contribution in [0.3, 0.4) is 0 Å². The van der Waals surface area contributed by atoms with Crippen LogP contribution in [0.1, 0.15) is 11.1 Å². The first-order valence-electron chi connectivity index (χ1n) is 5.07. The molecule has 1 aromatic rings. The van der Waals surface area contributed by atoms with E-state index in [9.17, 15) is 4.79 Å². The minimum absolute atomic E-state index is 0.117. The standard InChI is InChI=1S/C13H8N2O/c14-15-12-6-5-10-9-4-2-1-3-8(9)7-11(10)13(12)16/h1-6H,7H2. The Bertz CT molecular complexity index is 617. The zero-order chi connectivity index (χ0) is 11.1. The highest BCUT2D eigenvalue weighted by Gasteiger charge is 2.33. The van der Waals surface area contributed by atoms with Gasteiger partial charge in [0.1, 0.15) is 0 Å². The van der Waals surface area contributed by atoms with E-state index >= 15 is 0 Å². The van der Waals surface area contributed by atoms with Crippen LogP contribution < -0.4 is 0 Å². The highest BCUT2D eigenvalue weighted by atomic mass is 16.1. The third-order valence-corrected chi connectivity index (χ3v) is 3.02. The van der Waals surface area contributed by atoms with Gasteiger partial charge in [-0.25, -0.2) is 0 Å². The summed E-state index contributed by atoms with van der Waals surface area (Å²) in [6, 6.07) is 7.95. The van der Waals surface area contributed by atoms with Crippen LogP contribution in [-0.2, 0) is 11.2 Å². The van der Waals surface area contributed by atoms with Crippen LogP contribution in [0.5, 0.6) is 0 Å². The molecule has 0 saturated heterocycles. The fourth-order valence-electron chi connectivity index (χ4n) is 2.25. The van der Waals surface area contributed by atoms with Crippen LogP contribution in [0, 0.1) is 0 Å². The van der Waals surface area contributed by atoms with Crippen molar-refractivity contribution in [3.05, 3.63) is 58.6 Å². The lowest BCUT2D eigenvalue weighted by Crippen LogP contribution is -2.18. The Kier molecular flexibility index (Phi) is 1.76. The van der Waals surface area contributed by atoms with E-state index < -0.39 is 0 Å². The molecule has 0 unspecified atom stereocenters. The Hall–Kier alpha value is -2.25. The molecule has 0 aromatic heterocycles. The van der Waals surface area contributed by atoms with Gasteiger partial charge in [-0.3, -0.25) is 4.79 Å². The lowest BCUT2D eigenvalue weighted by atomic mass is 9.95. The Morgan fingerprint density at radius 1 is 1.19 bits per heavy atom. The van der Waals surface area contributed by atoms with Crippen molar-refractivity contribution in [1.29, 1.82) is 0 Å². The predicted octanol–water partition coefficient (Wildman–Crippen LogP) is 1.81. The Labute approximate surface area is 92.3 Å². The Morgan fingerprint density at radius 2 is 2.00 bits per heavy atom. The average molecular weight is 208 g/mol. The zero-order valence-electron chi connectivity index (χ0n) is 8.47. The number of Topliss-reactive ketones (excluding diaryl/α,β-unsaturated/α-hetero) is 1. The molecular formula is C13H8N2O. The molecular weight excluding hydrogens is 200 g/mol. The molecule has 3 rings (SSSR count). The molecule has 0 amide bonds. The van der Waals surface area contributed by atoms with Gasteiger partial charge in [0.15, 0.2) is 0 Å². The maximum Gasteiger partial charge on any atom is 0.362 e. The second-order valence-corrected chi connectivity index (χ2v) is 3.87. The van der Waals surface area contributed by atoms with Crippen molar-refractivity contribution >= 4 is 17.1 Å². The zero-order valence-corrected chi connectivity index (χ0v) is 8.47. The summed E-state index contributed by atoms with van der Waals surface area (Å²) in [5.41, 5.74) is 12.8. The number of nitrogens with zero attached hydrogens (tertiary/aromatic N) is 2. The van der Waals surface area contributed by atoms with Crippen molar-refractivity contribution in [3.63, 3.8) is 0 Å². The van der Waals surface area contributed by atoms with Crippen molar-refractivity contribution in [2.75, 3.05) is 0 Å². The molecule has 0 fully saturated rings. The van der Waals surface area contributed by atoms with Crippen LogP contribution in [0.2, 0.25) is 0 Å². The van der Waals surface area contributed by atoms with Crippen molar-refractivity contribution < 1.29 is 9.58 Å². The smallest absolute Gasteiger partial charge is 0.361 e. The maximum atomic E-state index is 11.9. The third kappa shape index (κ3) is 1.06. The number of rotatable bonds is 0. The van der Waals surface area contributed by atoms with Crippen LogP contribution >= 0.6 is 0 Å². The van der Waals surface area contributed by atoms with Crippen LogP contribution in [0.4, 0.5) is 0 Å². The SMILES string of the molecule is [N-]=[N+]=C1C=CC2=C(Cc3ccccc32)C1=O. The van der Waals surface area contributed by atoms with E-state index in [0.29, 0.717) is 6.42 Å². The maximum absolute atomic E-state index is 11.9. The summed E-state index contributed by atoms with van der Waals surface area (Å²) < 4.78 is 0. The van der Waals surface area contributed by atoms with Crippen molar-refractivity contribution in [3.8, 4) is 0 Å². The number of carbonyl (C=O) groups excluding carboxylic acids is 1. The van der Waals surface area contributed by atoms with Gasteiger partial charge in [0.05, 0.1) is 0 Å². The summed E-state index contributed by atoms with van der Waals surface area (Å²) in [5.74, 6) is -0.170. The van der Waals surface area contributed by atoms with Gasteiger partial charge >= 0.3 is 5.71 Å². The highest BCUT2D eigenvalue weighted by Crippen LogP contribution is 2.35. The first-order valence-corrected chi connectivity index (χ1v) is 5.07. The van der Waals surface area contributed by atoms with Crippen LogP contribution in [0.25, 0.3) is 11.1 Å². The van der Waals surface area contributed by atoms with E-state index in [4.69, 9.17) is 5.53 Å². The van der Waals surface area contributed by atoms with Gasteiger partial charge in [-0.2, -0.15) is 4.79 Å². The molecule has 3 nitrogen and oxygen atoms in total. The number of carbonyl (C=O) groups is 1. The van der Waals surface area contributed by atoms with E-state index in [-0.39, 0.29) is 11.5 Å². The lowest BCUT2D eigenvalue weighted by Gasteiger charge is -2.03. The van der Waals surface area contributed by atoms with Gasteiger partial charge in [0, 0.05) is 18.1 Å². The molecule has 0 saturated carbocycles. The number of fused-ring (bicyclic) bond motifs is 2. The fourth-order valence-corrected chi connectivity index (χ4v) is 2.25. The number of ketones is 1. The largest absolute Gasteiger partial charge is 0.362 e. The minimum Gasteiger partial charge on any atom is -0.361 e. The van der Waals surface area contributed by atoms with E-state index in [1.807, 2.05) is 30.3 Å². The molecule has 1 aromatic carbocycles. The van der Waals surface area contributed by atoms with Gasteiger partial charge in [0.25, 0.3) is 5.78 Å². The van der Waals surface area contributed by atoms with E-state index in [0.717, 1.165) is 22.3 Å². The summed E-state index contributed by atoms with van der Waals surface area (Å²) >= 11 is 0. The first kappa shape index (κ1) is 9.01. The minimum atomic E-state index is -0.170. The molecule has 16 heavy (non-hydrogen) atoms. The van der Waals surface area contributed by atoms with Crippen LogP contribution in [0.15, 0.2) is 42.0 Å². The summed E-state index contributed by atoms with van der Waals surface area (Å²) in [7, 11) is 0. The topological polar surface area (TPSA) is 53.5 Å². The van der Waals surface area contributed by atoms with Crippen LogP contribution in [-0.4, -0.2) is 16.3 Å². The van der Waals surface area contributed by atoms with Crippen molar-refractivity contribution in [2.45, 2.75) is 6.42 Å². The molecule has 76 valence electrons. The summed E-state index contributed by atoms with van der Waals surface area (Å²) in [5, 5.41) is 0. The summed E-state index contributed by atoms with van der Waals surface area (Å²) in [6.45, 7) is 0. The van der Waals surface area contributed by atoms with Gasteiger partial charge in [0.2, 0.25) is 0 Å². The Morgan fingerprint density at radius 3 is 2.81 bits per heavy atom. The van der Waals surface area contributed by atoms with Crippen molar-refractivity contribution in [2.24, 2.45) is 0 Å². The molecule has 0 radical (unpaired) electrons. The van der Waals surface area contributed by atoms with Gasteiger partial charge in [-0.15, -0.1) is 0 Å². The monoisotopic (exact) mass is 208 g/mol. The second kappa shape index (κ2) is 3.12. The summed E-state index contributed by atoms with van der Waals surface area (Å²) in [4.78, 5) is 14.9. The number of hydrogen-bond donors (Lipinski definition) is 0. The van der Waals surface area contributed by atoms with E-state index in [1.165, 1.54) is 0 Å². The van der Waals surface area contributed by atoms with E-state index in [2.05, 4.69) is 4.79 Å². The van der Waals surface area contributed by atoms with Crippen molar-refractivity contribution in [1.82, 2.24) is 0 Å². The van der Waals surface area contributed by atoms with Gasteiger partial charge in [-0.1, -0.05) is 24.3 Å². The molecule has 0 bridgehead atoms. The van der Waals surface area contributed by atoms with E-state index in [1.54, 1.807) is 6.08 Å². The van der Waals surface area contributed by atoms with Gasteiger partial charge in [-0.05, 0) is 22.8 Å². The molecule has 0 aliphatic heterocycles. The molecule has 2 aliphatic rings. The fraction of sp³-hybridized carbons (Fsp3) is 0.0769. The second-order valence-electron chi connectivity index (χ2n) is 3.87. The molecule has 0 N–H and O–H groups in total. The molecule has 3 heteroatoms. The molecule has 0 atom stereocenters. The lowest BCUT2D eigenvalue weighted by molar-refractivity contribution is -0.113. The number of benzene rings is 1. The number of hydrogen-bond acceptors (Lipinski definition) is 1. The summed E-state index contributed by atoms with van der Waals surface area (Å²) in [6.07, 6.45) is 4.04. The highest BCUT2D eigenvalue weighted by molar-refractivity contribution is 6.50. The average Bonchev–Trinajstić information content (AvgIpc) is 2.69. The van der Waals surface area contributed by atoms with Gasteiger partial charge < -0.3 is 5.53 Å².